The van der Waals surface area contributed by atoms with Gasteiger partial charge in [0, 0.05) is 25.0 Å². The third-order valence-corrected chi connectivity index (χ3v) is 5.24. The molecule has 3 heterocycles. The maximum Gasteiger partial charge on any atom is 0.226 e. The average molecular weight is 265 g/mol. The Morgan fingerprint density at radius 3 is 2.58 bits per heavy atom. The van der Waals surface area contributed by atoms with Crippen LogP contribution in [0.25, 0.3) is 0 Å². The maximum atomic E-state index is 12.6. The summed E-state index contributed by atoms with van der Waals surface area (Å²) in [7, 11) is 0. The molecule has 1 amide bonds. The van der Waals surface area contributed by atoms with Gasteiger partial charge >= 0.3 is 0 Å². The van der Waals surface area contributed by atoms with Crippen molar-refractivity contribution >= 4 is 5.91 Å². The summed E-state index contributed by atoms with van der Waals surface area (Å²) >= 11 is 0. The van der Waals surface area contributed by atoms with Crippen LogP contribution in [0.2, 0.25) is 0 Å². The van der Waals surface area contributed by atoms with Crippen molar-refractivity contribution < 1.29 is 4.79 Å². The second kappa shape index (κ2) is 5.80. The van der Waals surface area contributed by atoms with E-state index in [4.69, 9.17) is 0 Å². The van der Waals surface area contributed by atoms with Gasteiger partial charge in [-0.2, -0.15) is 0 Å². The third-order valence-electron chi connectivity index (χ3n) is 5.24. The van der Waals surface area contributed by atoms with Crippen LogP contribution in [-0.4, -0.2) is 61.0 Å². The lowest BCUT2D eigenvalue weighted by Gasteiger charge is -2.36. The standard InChI is InChI=1S/C15H27N3O/c1-12(13-9-16-10-13)15(19)18-8-4-5-14(18)11-17-6-2-3-7-17/h12-14,16H,2-11H2,1H3. The first-order valence-electron chi connectivity index (χ1n) is 7.99. The molecule has 0 aliphatic carbocycles. The Bertz CT molecular complexity index is 323. The third kappa shape index (κ3) is 2.79. The van der Waals surface area contributed by atoms with Crippen molar-refractivity contribution in [3.05, 3.63) is 0 Å². The summed E-state index contributed by atoms with van der Waals surface area (Å²) in [5.74, 6) is 1.19. The van der Waals surface area contributed by atoms with E-state index in [0.717, 1.165) is 26.2 Å². The molecule has 2 atom stereocenters. The quantitative estimate of drug-likeness (QED) is 0.821. The molecule has 3 rings (SSSR count). The van der Waals surface area contributed by atoms with Crippen LogP contribution in [0.15, 0.2) is 0 Å². The van der Waals surface area contributed by atoms with Gasteiger partial charge in [-0.1, -0.05) is 6.92 Å². The molecule has 3 fully saturated rings. The molecule has 3 aliphatic rings. The fourth-order valence-electron chi connectivity index (χ4n) is 3.71. The van der Waals surface area contributed by atoms with Gasteiger partial charge in [-0.3, -0.25) is 4.79 Å². The zero-order chi connectivity index (χ0) is 13.2. The molecule has 0 bridgehead atoms. The molecule has 108 valence electrons. The van der Waals surface area contributed by atoms with E-state index in [1.54, 1.807) is 0 Å². The number of hydrogen-bond acceptors (Lipinski definition) is 3. The average Bonchev–Trinajstić information content (AvgIpc) is 2.97. The zero-order valence-electron chi connectivity index (χ0n) is 12.1. The highest BCUT2D eigenvalue weighted by molar-refractivity contribution is 5.79. The largest absolute Gasteiger partial charge is 0.338 e. The number of hydrogen-bond donors (Lipinski definition) is 1. The van der Waals surface area contributed by atoms with E-state index >= 15 is 0 Å². The number of nitrogens with zero attached hydrogens (tertiary/aromatic N) is 2. The Balaban J connectivity index is 1.56. The molecule has 0 saturated carbocycles. The second-order valence-corrected chi connectivity index (χ2v) is 6.54. The lowest BCUT2D eigenvalue weighted by molar-refractivity contribution is -0.138. The van der Waals surface area contributed by atoms with Crippen molar-refractivity contribution in [3.63, 3.8) is 0 Å². The summed E-state index contributed by atoms with van der Waals surface area (Å²) in [6, 6.07) is 0.487. The van der Waals surface area contributed by atoms with Crippen LogP contribution in [0, 0.1) is 11.8 Å². The molecule has 0 aromatic carbocycles. The number of carbonyl (C=O) groups is 1. The first-order chi connectivity index (χ1) is 9.25. The van der Waals surface area contributed by atoms with E-state index in [2.05, 4.69) is 22.0 Å². The van der Waals surface area contributed by atoms with Crippen molar-refractivity contribution in [3.8, 4) is 0 Å². The van der Waals surface area contributed by atoms with E-state index in [9.17, 15) is 4.79 Å². The zero-order valence-corrected chi connectivity index (χ0v) is 12.1. The molecule has 0 radical (unpaired) electrons. The molecule has 0 spiro atoms. The lowest BCUT2D eigenvalue weighted by Crippen LogP contribution is -2.52. The second-order valence-electron chi connectivity index (χ2n) is 6.54. The summed E-state index contributed by atoms with van der Waals surface area (Å²) in [5.41, 5.74) is 0. The Kier molecular flexibility index (Phi) is 4.08. The molecule has 4 heteroatoms. The van der Waals surface area contributed by atoms with Crippen LogP contribution in [0.4, 0.5) is 0 Å². The van der Waals surface area contributed by atoms with E-state index in [-0.39, 0.29) is 5.92 Å². The van der Waals surface area contributed by atoms with Gasteiger partial charge in [0.1, 0.15) is 0 Å². The first kappa shape index (κ1) is 13.4. The number of likely N-dealkylation sites (tertiary alicyclic amines) is 2. The van der Waals surface area contributed by atoms with Gasteiger partial charge in [0.25, 0.3) is 0 Å². The van der Waals surface area contributed by atoms with Gasteiger partial charge < -0.3 is 15.1 Å². The number of rotatable bonds is 4. The molecule has 4 nitrogen and oxygen atoms in total. The topological polar surface area (TPSA) is 35.6 Å². The Morgan fingerprint density at radius 2 is 1.95 bits per heavy atom. The highest BCUT2D eigenvalue weighted by Crippen LogP contribution is 2.25. The predicted octanol–water partition coefficient (Wildman–Crippen LogP) is 0.929. The van der Waals surface area contributed by atoms with Crippen LogP contribution >= 0.6 is 0 Å². The van der Waals surface area contributed by atoms with Crippen molar-refractivity contribution in [2.75, 3.05) is 39.3 Å². The minimum Gasteiger partial charge on any atom is -0.338 e. The highest BCUT2D eigenvalue weighted by Gasteiger charge is 2.36. The predicted molar refractivity (Wildman–Crippen MR) is 75.9 cm³/mol. The fourth-order valence-corrected chi connectivity index (χ4v) is 3.71. The molecule has 0 aromatic heterocycles. The lowest BCUT2D eigenvalue weighted by atomic mass is 9.88. The van der Waals surface area contributed by atoms with E-state index < -0.39 is 0 Å². The normalized spacial score (nSPS) is 30.6. The van der Waals surface area contributed by atoms with Crippen molar-refractivity contribution in [2.45, 2.75) is 38.6 Å². The monoisotopic (exact) mass is 265 g/mol. The Hall–Kier alpha value is -0.610. The number of nitrogens with one attached hydrogen (secondary N) is 1. The summed E-state index contributed by atoms with van der Waals surface area (Å²) in [5, 5.41) is 3.28. The first-order valence-corrected chi connectivity index (χ1v) is 7.99. The van der Waals surface area contributed by atoms with Crippen LogP contribution in [-0.2, 0) is 4.79 Å². The Labute approximate surface area is 116 Å². The minimum atomic E-state index is 0.209. The maximum absolute atomic E-state index is 12.6. The van der Waals surface area contributed by atoms with E-state index in [1.165, 1.54) is 38.8 Å². The molecule has 3 aliphatic heterocycles. The summed E-state index contributed by atoms with van der Waals surface area (Å²) in [6.45, 7) is 8.75. The van der Waals surface area contributed by atoms with Gasteiger partial charge in [0.2, 0.25) is 5.91 Å². The smallest absolute Gasteiger partial charge is 0.226 e. The molecule has 0 aromatic rings. The van der Waals surface area contributed by atoms with E-state index in [1.807, 2.05) is 0 Å². The van der Waals surface area contributed by atoms with Gasteiger partial charge in [0.15, 0.2) is 0 Å². The molecule has 1 N–H and O–H groups in total. The summed E-state index contributed by atoms with van der Waals surface area (Å²) < 4.78 is 0. The molecular formula is C15H27N3O. The van der Waals surface area contributed by atoms with Crippen molar-refractivity contribution in [1.29, 1.82) is 0 Å². The van der Waals surface area contributed by atoms with Gasteiger partial charge in [-0.25, -0.2) is 0 Å². The summed E-state index contributed by atoms with van der Waals surface area (Å²) in [6.07, 6.45) is 5.08. The molecule has 3 saturated heterocycles. The van der Waals surface area contributed by atoms with Gasteiger partial charge in [-0.05, 0) is 57.8 Å². The Morgan fingerprint density at radius 1 is 1.21 bits per heavy atom. The number of carbonyl (C=O) groups excluding carboxylic acids is 1. The van der Waals surface area contributed by atoms with Gasteiger partial charge in [0.05, 0.1) is 0 Å². The highest BCUT2D eigenvalue weighted by atomic mass is 16.2. The molecular weight excluding hydrogens is 238 g/mol. The SMILES string of the molecule is CC(C(=O)N1CCCC1CN1CCCC1)C1CNC1. The molecule has 2 unspecified atom stereocenters. The summed E-state index contributed by atoms with van der Waals surface area (Å²) in [4.78, 5) is 17.4. The minimum absolute atomic E-state index is 0.209. The van der Waals surface area contributed by atoms with Crippen LogP contribution in [0.1, 0.15) is 32.6 Å². The van der Waals surface area contributed by atoms with Crippen molar-refractivity contribution in [2.24, 2.45) is 11.8 Å². The molecule has 19 heavy (non-hydrogen) atoms. The van der Waals surface area contributed by atoms with Crippen LogP contribution < -0.4 is 5.32 Å². The van der Waals surface area contributed by atoms with Crippen LogP contribution in [0.5, 0.6) is 0 Å². The number of amides is 1. The fraction of sp³-hybridized carbons (Fsp3) is 0.933. The van der Waals surface area contributed by atoms with Gasteiger partial charge in [-0.15, -0.1) is 0 Å². The van der Waals surface area contributed by atoms with Crippen LogP contribution in [0.3, 0.4) is 0 Å². The van der Waals surface area contributed by atoms with Crippen molar-refractivity contribution in [1.82, 2.24) is 15.1 Å². The van der Waals surface area contributed by atoms with E-state index in [0.29, 0.717) is 17.9 Å².